The number of ether oxygens (including phenoxy) is 1. The molecule has 2 aliphatic carbocycles. The lowest BCUT2D eigenvalue weighted by atomic mass is 9.68. The Labute approximate surface area is 251 Å². The van der Waals surface area contributed by atoms with Crippen LogP contribution in [0.2, 0.25) is 0 Å². The van der Waals surface area contributed by atoms with E-state index in [0.29, 0.717) is 38.8 Å². The van der Waals surface area contributed by atoms with Crippen LogP contribution in [0.5, 0.6) is 0 Å². The fourth-order valence-electron chi connectivity index (χ4n) is 7.17. The molecule has 234 valence electrons. The van der Waals surface area contributed by atoms with Crippen molar-refractivity contribution in [1.29, 1.82) is 0 Å². The number of esters is 1. The second-order valence-corrected chi connectivity index (χ2v) is 13.9. The van der Waals surface area contributed by atoms with E-state index in [0.717, 1.165) is 35.3 Å². The maximum Gasteiger partial charge on any atom is 0.471 e. The minimum atomic E-state index is -4.98. The number of nitrogens with zero attached hydrogens (tertiary/aromatic N) is 2. The number of likely N-dealkylation sites (tertiary alicyclic amines) is 1. The van der Waals surface area contributed by atoms with Gasteiger partial charge in [-0.1, -0.05) is 42.5 Å². The molecule has 2 saturated carbocycles. The minimum Gasteiger partial charge on any atom is -0.460 e. The SMILES string of the molecule is CC(C)(C)OC(=O)CC1(N2CCC(Cc3ccc(F)cc3)(CN(C(=O)C(F)(F)F)[C@@H]3C[C@H]3c3ccccc3)CC2)CCC1. The maximum absolute atomic E-state index is 14.0. The Morgan fingerprint density at radius 2 is 1.58 bits per heavy atom. The number of benzene rings is 2. The molecule has 2 aromatic rings. The average molecular weight is 603 g/mol. The third-order valence-electron chi connectivity index (χ3n) is 9.56. The summed E-state index contributed by atoms with van der Waals surface area (Å²) >= 11 is 0. The molecule has 1 heterocycles. The Morgan fingerprint density at radius 3 is 2.12 bits per heavy atom. The second-order valence-electron chi connectivity index (χ2n) is 13.9. The van der Waals surface area contributed by atoms with E-state index in [1.54, 1.807) is 12.1 Å². The Balaban J connectivity index is 1.38. The lowest BCUT2D eigenvalue weighted by molar-refractivity contribution is -0.188. The number of alkyl halides is 3. The standard InChI is InChI=1S/C34H42F4N2O3/c1-31(2,3)43-29(41)22-33(14-7-15-33)39-18-16-32(17-19-39,21-24-10-12-26(35)13-11-24)23-40(30(42)34(36,37)38)28-20-27(28)25-8-5-4-6-9-25/h4-6,8-13,27-28H,7,14-23H2,1-3H3/t27-,28+/m0/s1. The van der Waals surface area contributed by atoms with Crippen molar-refractivity contribution in [2.24, 2.45) is 5.41 Å². The molecule has 1 amide bonds. The van der Waals surface area contributed by atoms with Gasteiger partial charge >= 0.3 is 18.1 Å². The van der Waals surface area contributed by atoms with Gasteiger partial charge in [-0.25, -0.2) is 4.39 Å². The summed E-state index contributed by atoms with van der Waals surface area (Å²) in [6.07, 6.45) is 0.105. The summed E-state index contributed by atoms with van der Waals surface area (Å²) in [4.78, 5) is 29.2. The zero-order chi connectivity index (χ0) is 31.0. The van der Waals surface area contributed by atoms with Gasteiger partial charge in [0.1, 0.15) is 11.4 Å². The predicted octanol–water partition coefficient (Wildman–Crippen LogP) is 7.05. The Kier molecular flexibility index (Phi) is 8.69. The number of rotatable bonds is 9. The van der Waals surface area contributed by atoms with Gasteiger partial charge in [-0.15, -0.1) is 0 Å². The number of halogens is 4. The largest absolute Gasteiger partial charge is 0.471 e. The van der Waals surface area contributed by atoms with E-state index in [4.69, 9.17) is 4.74 Å². The van der Waals surface area contributed by atoms with E-state index in [9.17, 15) is 27.2 Å². The smallest absolute Gasteiger partial charge is 0.460 e. The van der Waals surface area contributed by atoms with Crippen LogP contribution in [0, 0.1) is 11.2 Å². The molecule has 2 atom stereocenters. The zero-order valence-corrected chi connectivity index (χ0v) is 25.3. The Morgan fingerprint density at radius 1 is 0.953 bits per heavy atom. The molecule has 1 aliphatic heterocycles. The van der Waals surface area contributed by atoms with Crippen LogP contribution < -0.4 is 0 Å². The number of piperidine rings is 1. The van der Waals surface area contributed by atoms with Crippen LogP contribution in [-0.2, 0) is 20.7 Å². The fraction of sp³-hybridized carbons (Fsp3) is 0.588. The molecule has 0 radical (unpaired) electrons. The van der Waals surface area contributed by atoms with E-state index >= 15 is 0 Å². The van der Waals surface area contributed by atoms with Crippen LogP contribution >= 0.6 is 0 Å². The van der Waals surface area contributed by atoms with Gasteiger partial charge in [-0.2, -0.15) is 13.2 Å². The summed E-state index contributed by atoms with van der Waals surface area (Å²) in [5.74, 6) is -2.54. The van der Waals surface area contributed by atoms with Crippen molar-refractivity contribution in [1.82, 2.24) is 9.80 Å². The molecule has 9 heteroatoms. The van der Waals surface area contributed by atoms with Crippen molar-refractivity contribution in [3.8, 4) is 0 Å². The van der Waals surface area contributed by atoms with Crippen LogP contribution in [0.25, 0.3) is 0 Å². The quantitative estimate of drug-likeness (QED) is 0.228. The third-order valence-corrected chi connectivity index (χ3v) is 9.56. The first-order valence-electron chi connectivity index (χ1n) is 15.3. The van der Waals surface area contributed by atoms with Crippen LogP contribution in [0.15, 0.2) is 54.6 Å². The molecule has 5 rings (SSSR count). The van der Waals surface area contributed by atoms with Gasteiger partial charge in [0.2, 0.25) is 0 Å². The summed E-state index contributed by atoms with van der Waals surface area (Å²) in [6.45, 7) is 6.72. The van der Waals surface area contributed by atoms with Crippen LogP contribution in [-0.4, -0.2) is 64.7 Å². The van der Waals surface area contributed by atoms with Gasteiger partial charge in [-0.05, 0) is 107 Å². The van der Waals surface area contributed by atoms with Crippen molar-refractivity contribution in [2.75, 3.05) is 19.6 Å². The van der Waals surface area contributed by atoms with Crippen LogP contribution in [0.4, 0.5) is 17.6 Å². The van der Waals surface area contributed by atoms with Crippen LogP contribution in [0.1, 0.15) is 82.8 Å². The summed E-state index contributed by atoms with van der Waals surface area (Å²) in [6, 6.07) is 15.0. The highest BCUT2D eigenvalue weighted by atomic mass is 19.4. The summed E-state index contributed by atoms with van der Waals surface area (Å²) in [7, 11) is 0. The van der Waals surface area contributed by atoms with E-state index in [1.807, 2.05) is 51.1 Å². The van der Waals surface area contributed by atoms with Crippen molar-refractivity contribution in [3.05, 3.63) is 71.5 Å². The van der Waals surface area contributed by atoms with Crippen molar-refractivity contribution < 1.29 is 31.9 Å². The number of hydrogen-bond acceptors (Lipinski definition) is 4. The van der Waals surface area contributed by atoms with E-state index in [-0.39, 0.29) is 36.2 Å². The predicted molar refractivity (Wildman–Crippen MR) is 156 cm³/mol. The zero-order valence-electron chi connectivity index (χ0n) is 25.3. The Hall–Kier alpha value is -2.94. The lowest BCUT2D eigenvalue weighted by Gasteiger charge is -2.55. The molecule has 3 fully saturated rings. The maximum atomic E-state index is 14.0. The molecule has 0 N–H and O–H groups in total. The topological polar surface area (TPSA) is 49.9 Å². The van der Waals surface area contributed by atoms with E-state index in [1.165, 1.54) is 12.1 Å². The van der Waals surface area contributed by atoms with Gasteiger partial charge in [-0.3, -0.25) is 14.5 Å². The number of carbonyl (C=O) groups is 2. The molecule has 2 aromatic carbocycles. The van der Waals surface area contributed by atoms with Gasteiger partial charge in [0.25, 0.3) is 0 Å². The normalized spacial score (nSPS) is 23.2. The highest BCUT2D eigenvalue weighted by molar-refractivity contribution is 5.82. The van der Waals surface area contributed by atoms with Crippen LogP contribution in [0.3, 0.4) is 0 Å². The van der Waals surface area contributed by atoms with Gasteiger partial charge in [0.15, 0.2) is 0 Å². The number of carbonyl (C=O) groups excluding carboxylic acids is 2. The highest BCUT2D eigenvalue weighted by Crippen LogP contribution is 2.50. The molecular weight excluding hydrogens is 560 g/mol. The molecule has 1 saturated heterocycles. The highest BCUT2D eigenvalue weighted by Gasteiger charge is 2.55. The van der Waals surface area contributed by atoms with Crippen molar-refractivity contribution >= 4 is 11.9 Å². The first-order valence-corrected chi connectivity index (χ1v) is 15.3. The summed E-state index contributed by atoms with van der Waals surface area (Å²) in [5.41, 5.74) is 0.250. The first kappa shape index (κ1) is 31.5. The number of hydrogen-bond donors (Lipinski definition) is 0. The molecule has 0 unspecified atom stereocenters. The van der Waals surface area contributed by atoms with Gasteiger partial charge in [0.05, 0.1) is 6.42 Å². The summed E-state index contributed by atoms with van der Waals surface area (Å²) in [5, 5.41) is 0. The Bertz CT molecular complexity index is 1280. The molecule has 0 bridgehead atoms. The lowest BCUT2D eigenvalue weighted by Crippen LogP contribution is -2.60. The summed E-state index contributed by atoms with van der Waals surface area (Å²) < 4.78 is 61.4. The van der Waals surface area contributed by atoms with E-state index in [2.05, 4.69) is 4.90 Å². The fourth-order valence-corrected chi connectivity index (χ4v) is 7.17. The minimum absolute atomic E-state index is 0.0242. The van der Waals surface area contributed by atoms with E-state index < -0.39 is 29.1 Å². The molecular formula is C34H42F4N2O3. The molecule has 3 aliphatic rings. The third kappa shape index (κ3) is 7.41. The first-order chi connectivity index (χ1) is 20.2. The van der Waals surface area contributed by atoms with Gasteiger partial charge < -0.3 is 9.64 Å². The molecule has 0 aromatic heterocycles. The molecule has 43 heavy (non-hydrogen) atoms. The van der Waals surface area contributed by atoms with Gasteiger partial charge in [0, 0.05) is 24.0 Å². The monoisotopic (exact) mass is 602 g/mol. The average Bonchev–Trinajstić information content (AvgIpc) is 3.71. The van der Waals surface area contributed by atoms with Crippen molar-refractivity contribution in [3.63, 3.8) is 0 Å². The molecule has 5 nitrogen and oxygen atoms in total. The molecule has 0 spiro atoms. The van der Waals surface area contributed by atoms with Crippen molar-refractivity contribution in [2.45, 2.75) is 101 Å². The second kappa shape index (κ2) is 11.9. The number of amides is 1.